The van der Waals surface area contributed by atoms with Crippen LogP contribution in [0, 0.1) is 5.82 Å². The average molecular weight is 472 g/mol. The monoisotopic (exact) mass is 471 g/mol. The van der Waals surface area contributed by atoms with Gasteiger partial charge >= 0.3 is 6.09 Å². The summed E-state index contributed by atoms with van der Waals surface area (Å²) in [6.07, 6.45) is 1.34. The van der Waals surface area contributed by atoms with Gasteiger partial charge in [0.25, 0.3) is 0 Å². The van der Waals surface area contributed by atoms with Gasteiger partial charge in [0.1, 0.15) is 17.3 Å². The number of amides is 1. The molecule has 2 heterocycles. The number of carbonyl (C=O) groups excluding carboxylic acids is 1. The van der Waals surface area contributed by atoms with Crippen LogP contribution in [0.5, 0.6) is 11.5 Å². The molecular formula is C23H22FN3O5S. The van der Waals surface area contributed by atoms with Crippen molar-refractivity contribution in [3.8, 4) is 11.5 Å². The summed E-state index contributed by atoms with van der Waals surface area (Å²) < 4.78 is 53.5. The Hall–Kier alpha value is -3.50. The lowest BCUT2D eigenvalue weighted by Gasteiger charge is -2.36. The summed E-state index contributed by atoms with van der Waals surface area (Å²) >= 11 is 0. The number of ether oxygens (including phenoxy) is 2. The third kappa shape index (κ3) is 4.53. The molecule has 0 saturated heterocycles. The summed E-state index contributed by atoms with van der Waals surface area (Å²) in [6, 6.07) is 12.0. The van der Waals surface area contributed by atoms with Crippen LogP contribution in [0.4, 0.5) is 9.18 Å². The van der Waals surface area contributed by atoms with Gasteiger partial charge in [-0.05, 0) is 66.4 Å². The molecule has 1 aliphatic rings. The van der Waals surface area contributed by atoms with Gasteiger partial charge < -0.3 is 15.2 Å². The van der Waals surface area contributed by atoms with E-state index in [1.165, 1.54) is 30.3 Å². The predicted molar refractivity (Wildman–Crippen MR) is 118 cm³/mol. The third-order valence-electron chi connectivity index (χ3n) is 5.42. The minimum atomic E-state index is -4.16. The molecule has 1 unspecified atom stereocenters. The first-order chi connectivity index (χ1) is 15.8. The normalized spacial score (nSPS) is 16.1. The largest absolute Gasteiger partial charge is 0.457 e. The second-order valence-electron chi connectivity index (χ2n) is 7.36. The van der Waals surface area contributed by atoms with Crippen molar-refractivity contribution >= 4 is 16.1 Å². The van der Waals surface area contributed by atoms with Crippen molar-refractivity contribution < 1.29 is 27.1 Å². The number of carbonyl (C=O) groups is 1. The van der Waals surface area contributed by atoms with Gasteiger partial charge in [-0.25, -0.2) is 17.6 Å². The van der Waals surface area contributed by atoms with E-state index in [0.717, 1.165) is 9.87 Å². The van der Waals surface area contributed by atoms with Crippen molar-refractivity contribution in [2.45, 2.75) is 30.9 Å². The van der Waals surface area contributed by atoms with Gasteiger partial charge in [0.2, 0.25) is 10.0 Å². The van der Waals surface area contributed by atoms with Gasteiger partial charge in [0.15, 0.2) is 6.23 Å². The van der Waals surface area contributed by atoms with Crippen molar-refractivity contribution in [2.24, 2.45) is 5.73 Å². The van der Waals surface area contributed by atoms with Crippen LogP contribution in [0.25, 0.3) is 0 Å². The van der Waals surface area contributed by atoms with Crippen LogP contribution in [0.15, 0.2) is 65.8 Å². The second kappa shape index (κ2) is 9.16. The number of rotatable bonds is 6. The number of nitrogens with zero attached hydrogens (tertiary/aromatic N) is 2. The van der Waals surface area contributed by atoms with Gasteiger partial charge in [0.05, 0.1) is 4.90 Å². The first-order valence-corrected chi connectivity index (χ1v) is 11.7. The molecule has 0 aliphatic carbocycles. The number of fused-ring (bicyclic) bond motifs is 1. The van der Waals surface area contributed by atoms with Crippen LogP contribution < -0.4 is 10.5 Å². The zero-order valence-corrected chi connectivity index (χ0v) is 18.6. The summed E-state index contributed by atoms with van der Waals surface area (Å²) in [5.74, 6) is 0.313. The van der Waals surface area contributed by atoms with Gasteiger partial charge in [0, 0.05) is 24.5 Å². The van der Waals surface area contributed by atoms with Crippen molar-refractivity contribution in [1.82, 2.24) is 9.29 Å². The highest BCUT2D eigenvalue weighted by Crippen LogP contribution is 2.38. The zero-order chi connectivity index (χ0) is 23.6. The number of aryl methyl sites for hydroxylation is 1. The van der Waals surface area contributed by atoms with Crippen LogP contribution in [0.3, 0.4) is 0 Å². The van der Waals surface area contributed by atoms with E-state index in [9.17, 15) is 17.6 Å². The van der Waals surface area contributed by atoms with Crippen LogP contribution in [0.2, 0.25) is 0 Å². The molecule has 1 atom stereocenters. The van der Waals surface area contributed by atoms with E-state index in [1.54, 1.807) is 30.6 Å². The third-order valence-corrected chi connectivity index (χ3v) is 7.28. The van der Waals surface area contributed by atoms with Crippen LogP contribution in [-0.2, 0) is 27.6 Å². The fourth-order valence-corrected chi connectivity index (χ4v) is 5.37. The molecular weight excluding hydrogens is 449 g/mol. The quantitative estimate of drug-likeness (QED) is 0.583. The maximum Gasteiger partial charge on any atom is 0.406 e. The number of hydrogen-bond donors (Lipinski definition) is 1. The Balaban J connectivity index is 1.68. The molecule has 1 aliphatic heterocycles. The molecule has 0 fully saturated rings. The lowest BCUT2D eigenvalue weighted by molar-refractivity contribution is 0.0267. The Morgan fingerprint density at radius 2 is 1.79 bits per heavy atom. The lowest BCUT2D eigenvalue weighted by atomic mass is 9.92. The van der Waals surface area contributed by atoms with E-state index < -0.39 is 28.2 Å². The second-order valence-corrected chi connectivity index (χ2v) is 9.25. The van der Waals surface area contributed by atoms with Gasteiger partial charge in [-0.2, -0.15) is 4.31 Å². The molecule has 3 aromatic rings. The van der Waals surface area contributed by atoms with Gasteiger partial charge in [-0.15, -0.1) is 0 Å². The Bertz CT molecular complexity index is 1270. The highest BCUT2D eigenvalue weighted by Gasteiger charge is 2.41. The molecule has 1 amide bonds. The molecule has 0 bridgehead atoms. The maximum atomic E-state index is 14.8. The molecule has 2 aromatic carbocycles. The molecule has 1 aromatic heterocycles. The minimum Gasteiger partial charge on any atom is -0.457 e. The number of sulfonamides is 1. The first-order valence-electron chi connectivity index (χ1n) is 10.3. The van der Waals surface area contributed by atoms with E-state index in [0.29, 0.717) is 23.5 Å². The lowest BCUT2D eigenvalue weighted by Crippen LogP contribution is -2.43. The van der Waals surface area contributed by atoms with Gasteiger partial charge in [-0.3, -0.25) is 4.98 Å². The summed E-state index contributed by atoms with van der Waals surface area (Å²) in [5.41, 5.74) is 6.72. The SMILES string of the molecule is CCc1ccc(F)c2c1CCN(S(=O)(=O)c1ccc(Oc3ccncc3)cc1)C2OC(N)=O. The molecule has 8 nitrogen and oxygen atoms in total. The molecule has 172 valence electrons. The highest BCUT2D eigenvalue weighted by atomic mass is 32.2. The van der Waals surface area contributed by atoms with Gasteiger partial charge in [-0.1, -0.05) is 13.0 Å². The molecule has 33 heavy (non-hydrogen) atoms. The Morgan fingerprint density at radius 3 is 2.42 bits per heavy atom. The van der Waals surface area contributed by atoms with Crippen molar-refractivity contribution in [1.29, 1.82) is 0 Å². The van der Waals surface area contributed by atoms with Crippen molar-refractivity contribution in [3.05, 3.63) is 83.4 Å². The van der Waals surface area contributed by atoms with E-state index in [4.69, 9.17) is 15.2 Å². The standard InChI is InChI=1S/C23H22FN3O5S/c1-2-15-3-8-20(24)21-19(15)11-14-27(22(21)32-23(25)28)33(29,30)18-6-4-16(5-7-18)31-17-9-12-26-13-10-17/h3-10,12-13,22H,2,11,14H2,1H3,(H2,25,28). The molecule has 0 spiro atoms. The molecule has 0 saturated carbocycles. The predicted octanol–water partition coefficient (Wildman–Crippen LogP) is 3.92. The van der Waals surface area contributed by atoms with E-state index in [-0.39, 0.29) is 23.4 Å². The average Bonchev–Trinajstić information content (AvgIpc) is 2.80. The Morgan fingerprint density at radius 1 is 1.12 bits per heavy atom. The topological polar surface area (TPSA) is 112 Å². The van der Waals surface area contributed by atoms with Crippen molar-refractivity contribution in [3.63, 3.8) is 0 Å². The smallest absolute Gasteiger partial charge is 0.406 e. The molecule has 2 N–H and O–H groups in total. The number of hydrogen-bond acceptors (Lipinski definition) is 6. The summed E-state index contributed by atoms with van der Waals surface area (Å²) in [7, 11) is -4.16. The fourth-order valence-electron chi connectivity index (χ4n) is 3.89. The first kappa shape index (κ1) is 22.7. The summed E-state index contributed by atoms with van der Waals surface area (Å²) in [6.45, 7) is 1.91. The van der Waals surface area contributed by atoms with E-state index >= 15 is 0 Å². The number of nitrogens with two attached hydrogens (primary N) is 1. The molecule has 4 rings (SSSR count). The summed E-state index contributed by atoms with van der Waals surface area (Å²) in [5, 5.41) is 0. The number of pyridine rings is 1. The van der Waals surface area contributed by atoms with E-state index in [1.807, 2.05) is 6.92 Å². The van der Waals surface area contributed by atoms with Crippen LogP contribution >= 0.6 is 0 Å². The maximum absolute atomic E-state index is 14.8. The Labute approximate surface area is 190 Å². The number of halogens is 1. The van der Waals surface area contributed by atoms with Crippen molar-refractivity contribution in [2.75, 3.05) is 6.54 Å². The minimum absolute atomic E-state index is 0.000992. The van der Waals surface area contributed by atoms with Crippen LogP contribution in [0.1, 0.15) is 29.8 Å². The number of benzene rings is 2. The molecule has 0 radical (unpaired) electrons. The fraction of sp³-hybridized carbons (Fsp3) is 0.217. The number of primary amides is 1. The highest BCUT2D eigenvalue weighted by molar-refractivity contribution is 7.89. The van der Waals surface area contributed by atoms with Crippen LogP contribution in [-0.4, -0.2) is 30.3 Å². The van der Waals surface area contributed by atoms with E-state index in [2.05, 4.69) is 4.98 Å². The zero-order valence-electron chi connectivity index (χ0n) is 17.8. The summed E-state index contributed by atoms with van der Waals surface area (Å²) in [4.78, 5) is 15.5. The molecule has 10 heteroatoms. The number of aromatic nitrogens is 1. The Kier molecular flexibility index (Phi) is 6.30.